The van der Waals surface area contributed by atoms with Gasteiger partial charge >= 0.3 is 5.97 Å². The van der Waals surface area contributed by atoms with Crippen molar-refractivity contribution in [1.82, 2.24) is 14.8 Å². The zero-order valence-corrected chi connectivity index (χ0v) is 13.1. The molecule has 0 saturated heterocycles. The van der Waals surface area contributed by atoms with E-state index in [0.717, 1.165) is 21.0 Å². The highest BCUT2D eigenvalue weighted by Gasteiger charge is 2.15. The van der Waals surface area contributed by atoms with E-state index in [2.05, 4.69) is 32.8 Å². The van der Waals surface area contributed by atoms with Crippen LogP contribution in [0.1, 0.15) is 0 Å². The molecule has 0 atom stereocenters. The maximum atomic E-state index is 10.6. The Morgan fingerprint density at radius 3 is 2.89 bits per heavy atom. The zero-order valence-electron chi connectivity index (χ0n) is 9.38. The van der Waals surface area contributed by atoms with Gasteiger partial charge in [0.15, 0.2) is 5.16 Å². The molecule has 0 saturated carbocycles. The predicted molar refractivity (Wildman–Crippen MR) is 81.9 cm³/mol. The van der Waals surface area contributed by atoms with Crippen LogP contribution >= 0.6 is 46.0 Å². The summed E-state index contributed by atoms with van der Waals surface area (Å²) in [6, 6.07) is 5.29. The molecule has 1 aromatic carbocycles. The van der Waals surface area contributed by atoms with E-state index < -0.39 is 5.97 Å². The highest BCUT2D eigenvalue weighted by atomic mass is 127. The van der Waals surface area contributed by atoms with Gasteiger partial charge in [-0.05, 0) is 40.8 Å². The highest BCUT2D eigenvalue weighted by molar-refractivity contribution is 14.1. The number of benzene rings is 1. The minimum absolute atomic E-state index is 0.109. The van der Waals surface area contributed by atoms with Crippen LogP contribution < -0.4 is 5.73 Å². The number of aliphatic carboxylic acids is 1. The summed E-state index contributed by atoms with van der Waals surface area (Å²) in [7, 11) is 0. The summed E-state index contributed by atoms with van der Waals surface area (Å²) in [5, 5.41) is 17.4. The van der Waals surface area contributed by atoms with Crippen LogP contribution in [-0.4, -0.2) is 31.6 Å². The third kappa shape index (κ3) is 3.31. The Balaban J connectivity index is 2.43. The van der Waals surface area contributed by atoms with E-state index in [-0.39, 0.29) is 11.7 Å². The Morgan fingerprint density at radius 2 is 2.26 bits per heavy atom. The molecule has 19 heavy (non-hydrogen) atoms. The summed E-state index contributed by atoms with van der Waals surface area (Å²) >= 11 is 9.08. The van der Waals surface area contributed by atoms with Crippen molar-refractivity contribution >= 4 is 57.9 Å². The number of nitrogens with two attached hydrogens (primary N) is 1. The number of carbonyl (C=O) groups is 1. The maximum Gasteiger partial charge on any atom is 0.313 e. The summed E-state index contributed by atoms with van der Waals surface area (Å²) in [5.41, 5.74) is 6.54. The smallest absolute Gasteiger partial charge is 0.313 e. The van der Waals surface area contributed by atoms with Crippen molar-refractivity contribution in [1.29, 1.82) is 0 Å². The van der Waals surface area contributed by atoms with Crippen LogP contribution in [0.15, 0.2) is 23.4 Å². The number of halogens is 2. The van der Waals surface area contributed by atoms with Crippen LogP contribution in [0.3, 0.4) is 0 Å². The molecule has 2 aromatic rings. The summed E-state index contributed by atoms with van der Waals surface area (Å²) in [6.45, 7) is 0. The molecule has 0 amide bonds. The fourth-order valence-corrected chi connectivity index (χ4v) is 3.18. The van der Waals surface area contributed by atoms with E-state index in [1.165, 1.54) is 0 Å². The molecule has 0 radical (unpaired) electrons. The van der Waals surface area contributed by atoms with Gasteiger partial charge in [0.05, 0.1) is 11.4 Å². The van der Waals surface area contributed by atoms with Crippen molar-refractivity contribution in [2.24, 2.45) is 0 Å². The third-order valence-electron chi connectivity index (χ3n) is 2.13. The predicted octanol–water partition coefficient (Wildman–Crippen LogP) is 2.28. The van der Waals surface area contributed by atoms with Gasteiger partial charge in [-0.1, -0.05) is 23.4 Å². The minimum Gasteiger partial charge on any atom is -0.481 e. The Labute approximate surface area is 131 Å². The van der Waals surface area contributed by atoms with Gasteiger partial charge in [-0.25, -0.2) is 0 Å². The molecular weight excluding hydrogens is 403 g/mol. The second kappa shape index (κ2) is 5.97. The maximum absolute atomic E-state index is 10.6. The summed E-state index contributed by atoms with van der Waals surface area (Å²) in [6.07, 6.45) is 0. The lowest BCUT2D eigenvalue weighted by Crippen LogP contribution is -2.05. The number of thioether (sulfide) groups is 1. The van der Waals surface area contributed by atoms with Crippen LogP contribution in [0, 0.1) is 3.57 Å². The molecule has 9 heteroatoms. The summed E-state index contributed by atoms with van der Waals surface area (Å²) < 4.78 is 2.47. The Morgan fingerprint density at radius 1 is 1.53 bits per heavy atom. The quantitative estimate of drug-likeness (QED) is 0.593. The lowest BCUT2D eigenvalue weighted by atomic mass is 10.3. The first-order valence-electron chi connectivity index (χ1n) is 5.00. The average molecular weight is 411 g/mol. The monoisotopic (exact) mass is 410 g/mol. The van der Waals surface area contributed by atoms with Gasteiger partial charge in [0.2, 0.25) is 5.95 Å². The van der Waals surface area contributed by atoms with Crippen LogP contribution in [0.2, 0.25) is 5.02 Å². The lowest BCUT2D eigenvalue weighted by Gasteiger charge is -2.09. The molecule has 1 aromatic heterocycles. The zero-order chi connectivity index (χ0) is 14.0. The van der Waals surface area contributed by atoms with E-state index >= 15 is 0 Å². The van der Waals surface area contributed by atoms with Gasteiger partial charge in [-0.15, -0.1) is 10.2 Å². The van der Waals surface area contributed by atoms with Gasteiger partial charge in [-0.3, -0.25) is 9.36 Å². The molecule has 0 fully saturated rings. The van der Waals surface area contributed by atoms with Crippen molar-refractivity contribution < 1.29 is 9.90 Å². The normalized spacial score (nSPS) is 10.6. The highest BCUT2D eigenvalue weighted by Crippen LogP contribution is 2.27. The topological polar surface area (TPSA) is 94.0 Å². The van der Waals surface area contributed by atoms with E-state index in [1.807, 2.05) is 0 Å². The molecule has 6 nitrogen and oxygen atoms in total. The number of hydrogen-bond donors (Lipinski definition) is 2. The average Bonchev–Trinajstić information content (AvgIpc) is 2.68. The molecule has 1 heterocycles. The molecule has 100 valence electrons. The number of nitrogens with zero attached hydrogens (tertiary/aromatic N) is 3. The number of aromatic nitrogens is 3. The molecule has 0 aliphatic heterocycles. The van der Waals surface area contributed by atoms with E-state index in [9.17, 15) is 4.79 Å². The largest absolute Gasteiger partial charge is 0.481 e. The number of rotatable bonds is 4. The number of hydrogen-bond acceptors (Lipinski definition) is 5. The van der Waals surface area contributed by atoms with Crippen LogP contribution in [-0.2, 0) is 4.79 Å². The molecule has 0 unspecified atom stereocenters. The first-order valence-corrected chi connectivity index (χ1v) is 7.44. The Kier molecular flexibility index (Phi) is 4.53. The van der Waals surface area contributed by atoms with Crippen molar-refractivity contribution in [2.45, 2.75) is 5.16 Å². The van der Waals surface area contributed by atoms with Gasteiger partial charge in [0.25, 0.3) is 0 Å². The van der Waals surface area contributed by atoms with Gasteiger partial charge in [0, 0.05) is 8.59 Å². The second-order valence-electron chi connectivity index (χ2n) is 3.45. The van der Waals surface area contributed by atoms with Crippen LogP contribution in [0.25, 0.3) is 5.69 Å². The Hall–Kier alpha value is -1.000. The molecule has 0 aliphatic carbocycles. The van der Waals surface area contributed by atoms with Crippen molar-refractivity contribution in [3.8, 4) is 5.69 Å². The molecule has 0 bridgehead atoms. The van der Waals surface area contributed by atoms with Gasteiger partial charge in [-0.2, -0.15) is 0 Å². The van der Waals surface area contributed by atoms with Gasteiger partial charge < -0.3 is 10.8 Å². The lowest BCUT2D eigenvalue weighted by molar-refractivity contribution is -0.133. The molecule has 3 N–H and O–H groups in total. The molecule has 0 aliphatic rings. The number of carboxylic acids is 1. The molecule has 2 rings (SSSR count). The first-order chi connectivity index (χ1) is 8.99. The van der Waals surface area contributed by atoms with Crippen LogP contribution in [0.4, 0.5) is 5.95 Å². The van der Waals surface area contributed by atoms with E-state index in [4.69, 9.17) is 22.4 Å². The van der Waals surface area contributed by atoms with E-state index in [0.29, 0.717) is 10.2 Å². The minimum atomic E-state index is -0.927. The number of carboxylic acid groups (broad SMARTS) is 1. The fourth-order valence-electron chi connectivity index (χ4n) is 1.39. The molecule has 0 spiro atoms. The standard InChI is InChI=1S/C10H8ClIN4O2S/c11-5-1-2-7(6(12)3-5)16-9(13)14-15-10(16)19-4-8(17)18/h1-3H,4H2,(H2,13,14)(H,17,18). The third-order valence-corrected chi connectivity index (χ3v) is 4.15. The SMILES string of the molecule is Nc1nnc(SCC(=O)O)n1-c1ccc(Cl)cc1I. The van der Waals surface area contributed by atoms with Crippen molar-refractivity contribution in [2.75, 3.05) is 11.5 Å². The van der Waals surface area contributed by atoms with Gasteiger partial charge in [0.1, 0.15) is 0 Å². The summed E-state index contributed by atoms with van der Waals surface area (Å²) in [4.78, 5) is 10.6. The van der Waals surface area contributed by atoms with Crippen LogP contribution in [0.5, 0.6) is 0 Å². The van der Waals surface area contributed by atoms with Crippen molar-refractivity contribution in [3.05, 3.63) is 26.8 Å². The first kappa shape index (κ1) is 14.4. The second-order valence-corrected chi connectivity index (χ2v) is 6.00. The van der Waals surface area contributed by atoms with Crippen molar-refractivity contribution in [3.63, 3.8) is 0 Å². The number of anilines is 1. The number of nitrogen functional groups attached to an aromatic ring is 1. The Bertz CT molecular complexity index is 634. The van der Waals surface area contributed by atoms with E-state index in [1.54, 1.807) is 22.8 Å². The molecular formula is C10H8ClIN4O2S. The fraction of sp³-hybridized carbons (Fsp3) is 0.100. The summed E-state index contributed by atoms with van der Waals surface area (Å²) in [5.74, 6) is -0.834.